The van der Waals surface area contributed by atoms with Gasteiger partial charge in [0.2, 0.25) is 0 Å². The summed E-state index contributed by atoms with van der Waals surface area (Å²) in [5.41, 5.74) is 0. The summed E-state index contributed by atoms with van der Waals surface area (Å²) in [5.74, 6) is -0.0272. The molecular weight excluding hydrogens is 781 g/mol. The van der Waals surface area contributed by atoms with Gasteiger partial charge in [-0.3, -0.25) is 14.4 Å². The fourth-order valence-electron chi connectivity index (χ4n) is 8.72. The Bertz CT molecular complexity index is 951. The second kappa shape index (κ2) is 51.4. The fourth-order valence-corrected chi connectivity index (χ4v) is 8.72. The smallest absolute Gasteiger partial charge is 0.306 e. The lowest BCUT2D eigenvalue weighted by molar-refractivity contribution is -0.167. The summed E-state index contributed by atoms with van der Waals surface area (Å²) in [6, 6.07) is 0. The Hall–Kier alpha value is -1.59. The van der Waals surface area contributed by atoms with Crippen molar-refractivity contribution in [3.05, 3.63) is 0 Å². The van der Waals surface area contributed by atoms with Gasteiger partial charge in [0.25, 0.3) is 0 Å². The molecule has 0 aliphatic rings. The zero-order valence-electron chi connectivity index (χ0n) is 43.0. The standard InChI is InChI=1S/C57H110O6/c1-5-8-10-12-14-16-18-20-22-24-26-27-29-31-33-35-40-44-48-55(58)61-51-54(52-62-56(59)49-45-41-38-37-39-43-47-53(4)7-3)63-57(60)50-46-42-36-34-32-30-28-25-23-21-19-17-15-13-11-9-6-2/h53-54H,5-52H2,1-4H3/t53?,54-/m0/s1. The third-order valence-corrected chi connectivity index (χ3v) is 13.4. The maximum absolute atomic E-state index is 12.8. The van der Waals surface area contributed by atoms with Crippen LogP contribution in [0, 0.1) is 5.92 Å². The fraction of sp³-hybridized carbons (Fsp3) is 0.947. The van der Waals surface area contributed by atoms with E-state index in [0.717, 1.165) is 63.7 Å². The van der Waals surface area contributed by atoms with Crippen LogP contribution in [-0.2, 0) is 28.6 Å². The van der Waals surface area contributed by atoms with Gasteiger partial charge in [0.1, 0.15) is 13.2 Å². The third-order valence-electron chi connectivity index (χ3n) is 13.4. The number of carbonyl (C=O) groups is 3. The minimum absolute atomic E-state index is 0.0629. The molecule has 0 aromatic heterocycles. The van der Waals surface area contributed by atoms with Crippen LogP contribution in [-0.4, -0.2) is 37.2 Å². The maximum Gasteiger partial charge on any atom is 0.306 e. The minimum Gasteiger partial charge on any atom is -0.462 e. The Morgan fingerprint density at radius 2 is 0.556 bits per heavy atom. The highest BCUT2D eigenvalue weighted by atomic mass is 16.6. The quantitative estimate of drug-likeness (QED) is 0.0344. The number of ether oxygens (including phenoxy) is 3. The largest absolute Gasteiger partial charge is 0.462 e. The van der Waals surface area contributed by atoms with E-state index in [1.54, 1.807) is 0 Å². The molecular formula is C57H110O6. The summed E-state index contributed by atoms with van der Waals surface area (Å²) in [7, 11) is 0. The number of hydrogen-bond donors (Lipinski definition) is 0. The van der Waals surface area contributed by atoms with Crippen molar-refractivity contribution in [3.8, 4) is 0 Å². The van der Waals surface area contributed by atoms with Gasteiger partial charge in [0.15, 0.2) is 6.10 Å². The highest BCUT2D eigenvalue weighted by Crippen LogP contribution is 2.18. The van der Waals surface area contributed by atoms with E-state index < -0.39 is 6.10 Å². The predicted molar refractivity (Wildman–Crippen MR) is 270 cm³/mol. The molecule has 6 nitrogen and oxygen atoms in total. The average molecular weight is 892 g/mol. The molecule has 0 spiro atoms. The van der Waals surface area contributed by atoms with Gasteiger partial charge in [-0.15, -0.1) is 0 Å². The first-order valence-corrected chi connectivity index (χ1v) is 28.4. The molecule has 0 aliphatic carbocycles. The van der Waals surface area contributed by atoms with Gasteiger partial charge >= 0.3 is 17.9 Å². The van der Waals surface area contributed by atoms with Crippen molar-refractivity contribution < 1.29 is 28.6 Å². The van der Waals surface area contributed by atoms with Gasteiger partial charge in [0.05, 0.1) is 0 Å². The van der Waals surface area contributed by atoms with Crippen molar-refractivity contribution >= 4 is 17.9 Å². The first kappa shape index (κ1) is 61.4. The van der Waals surface area contributed by atoms with Crippen molar-refractivity contribution in [3.63, 3.8) is 0 Å². The summed E-state index contributed by atoms with van der Waals surface area (Å²) < 4.78 is 16.9. The number of carbonyl (C=O) groups excluding carboxylic acids is 3. The normalized spacial score (nSPS) is 12.4. The molecule has 2 atom stereocenters. The monoisotopic (exact) mass is 891 g/mol. The summed E-state index contributed by atoms with van der Waals surface area (Å²) in [5, 5.41) is 0. The van der Waals surface area contributed by atoms with Gasteiger partial charge < -0.3 is 14.2 Å². The van der Waals surface area contributed by atoms with Crippen LogP contribution in [0.4, 0.5) is 0 Å². The van der Waals surface area contributed by atoms with E-state index in [4.69, 9.17) is 14.2 Å². The summed E-state index contributed by atoms with van der Waals surface area (Å²) in [6.07, 6.45) is 55.3. The highest BCUT2D eigenvalue weighted by molar-refractivity contribution is 5.71. The van der Waals surface area contributed by atoms with Crippen molar-refractivity contribution in [1.82, 2.24) is 0 Å². The molecule has 0 bridgehead atoms. The molecule has 0 fully saturated rings. The van der Waals surface area contributed by atoms with E-state index in [9.17, 15) is 14.4 Å². The lowest BCUT2D eigenvalue weighted by atomic mass is 10.00. The molecule has 1 unspecified atom stereocenters. The molecule has 0 amide bonds. The zero-order chi connectivity index (χ0) is 45.9. The SMILES string of the molecule is CCCCCCCCCCCCCCCCCCCCC(=O)OC[C@@H](COC(=O)CCCCCCCCC(C)CC)OC(=O)CCCCCCCCCCCCCCCCCCC. The summed E-state index contributed by atoms with van der Waals surface area (Å²) >= 11 is 0. The van der Waals surface area contributed by atoms with Crippen LogP contribution in [0.15, 0.2) is 0 Å². The van der Waals surface area contributed by atoms with Crippen molar-refractivity contribution in [2.45, 2.75) is 329 Å². The number of esters is 3. The van der Waals surface area contributed by atoms with Crippen LogP contribution in [0.1, 0.15) is 323 Å². The first-order valence-electron chi connectivity index (χ1n) is 28.4. The molecule has 0 radical (unpaired) electrons. The molecule has 0 rings (SSSR count). The Labute approximate surface area is 393 Å². The molecule has 6 heteroatoms. The Kier molecular flexibility index (Phi) is 50.1. The van der Waals surface area contributed by atoms with Gasteiger partial charge in [-0.05, 0) is 25.2 Å². The second-order valence-electron chi connectivity index (χ2n) is 19.8. The van der Waals surface area contributed by atoms with Gasteiger partial charge in [-0.1, -0.05) is 285 Å². The van der Waals surface area contributed by atoms with Gasteiger partial charge in [-0.25, -0.2) is 0 Å². The lowest BCUT2D eigenvalue weighted by Gasteiger charge is -2.18. The number of unbranched alkanes of at least 4 members (excludes halogenated alkanes) is 38. The van der Waals surface area contributed by atoms with Crippen molar-refractivity contribution in [1.29, 1.82) is 0 Å². The Morgan fingerprint density at radius 3 is 0.825 bits per heavy atom. The maximum atomic E-state index is 12.8. The summed E-state index contributed by atoms with van der Waals surface area (Å²) in [4.78, 5) is 38.0. The molecule has 63 heavy (non-hydrogen) atoms. The first-order chi connectivity index (χ1) is 30.9. The van der Waals surface area contributed by atoms with E-state index in [2.05, 4.69) is 27.7 Å². The van der Waals surface area contributed by atoms with Crippen LogP contribution in [0.3, 0.4) is 0 Å². The third kappa shape index (κ3) is 49.7. The molecule has 0 saturated heterocycles. The van der Waals surface area contributed by atoms with E-state index in [-0.39, 0.29) is 31.1 Å². The molecule has 374 valence electrons. The van der Waals surface area contributed by atoms with E-state index in [0.29, 0.717) is 19.3 Å². The lowest BCUT2D eigenvalue weighted by Crippen LogP contribution is -2.30. The molecule has 0 aromatic rings. The Morgan fingerprint density at radius 1 is 0.317 bits per heavy atom. The topological polar surface area (TPSA) is 78.9 Å². The molecule has 0 aliphatic heterocycles. The minimum atomic E-state index is -0.762. The van der Waals surface area contributed by atoms with Crippen LogP contribution in [0.5, 0.6) is 0 Å². The summed E-state index contributed by atoms with van der Waals surface area (Å²) in [6.45, 7) is 9.02. The average Bonchev–Trinajstić information content (AvgIpc) is 3.28. The van der Waals surface area contributed by atoms with E-state index in [1.165, 1.54) is 218 Å². The van der Waals surface area contributed by atoms with E-state index >= 15 is 0 Å². The van der Waals surface area contributed by atoms with Crippen molar-refractivity contribution in [2.75, 3.05) is 13.2 Å². The predicted octanol–water partition coefficient (Wildman–Crippen LogP) is 18.6. The molecule has 0 heterocycles. The van der Waals surface area contributed by atoms with Crippen LogP contribution >= 0.6 is 0 Å². The van der Waals surface area contributed by atoms with Crippen LogP contribution in [0.25, 0.3) is 0 Å². The molecule has 0 aromatic carbocycles. The highest BCUT2D eigenvalue weighted by Gasteiger charge is 2.19. The number of rotatable bonds is 52. The van der Waals surface area contributed by atoms with Crippen LogP contribution in [0.2, 0.25) is 0 Å². The molecule has 0 saturated carbocycles. The van der Waals surface area contributed by atoms with Crippen LogP contribution < -0.4 is 0 Å². The molecule has 0 N–H and O–H groups in total. The second-order valence-corrected chi connectivity index (χ2v) is 19.8. The van der Waals surface area contributed by atoms with Gasteiger partial charge in [0, 0.05) is 19.3 Å². The number of hydrogen-bond acceptors (Lipinski definition) is 6. The van der Waals surface area contributed by atoms with Gasteiger partial charge in [-0.2, -0.15) is 0 Å². The van der Waals surface area contributed by atoms with E-state index in [1.807, 2.05) is 0 Å². The van der Waals surface area contributed by atoms with Crippen molar-refractivity contribution in [2.24, 2.45) is 5.92 Å². The zero-order valence-corrected chi connectivity index (χ0v) is 43.0. The Balaban J connectivity index is 4.25.